The predicted molar refractivity (Wildman–Crippen MR) is 501 cm³/mol. The van der Waals surface area contributed by atoms with Crippen LogP contribution in [0, 0.1) is 39.0 Å². The number of nitrogens with one attached hydrogen (secondary N) is 2. The van der Waals surface area contributed by atoms with Crippen molar-refractivity contribution in [1.29, 1.82) is 5.26 Å². The van der Waals surface area contributed by atoms with Gasteiger partial charge < -0.3 is 95.9 Å². The number of likely N-dealkylation sites (N-methyl/N-ethyl adjacent to an activating group) is 2. The maximum Gasteiger partial charge on any atom is 0.351 e. The van der Waals surface area contributed by atoms with Gasteiger partial charge in [-0.1, -0.05) is 63.4 Å². The number of piperazine rings is 2. The Hall–Kier alpha value is -13.3. The van der Waals surface area contributed by atoms with Crippen LogP contribution in [0.2, 0.25) is 0 Å². The third kappa shape index (κ3) is 14.8. The quantitative estimate of drug-likeness (QED) is 0.0401. The number of phenolic OH excluding ortho intramolecular Hbond substituents is 3. The fourth-order valence-corrected chi connectivity index (χ4v) is 26.2. The molecule has 14 atom stereocenters. The molecule has 8 bridgehead atoms. The van der Waals surface area contributed by atoms with E-state index >= 15 is 4.79 Å². The molecule has 2 aromatic heterocycles. The number of phenols is 3. The SMILES string of the molecule is C.C.COc1cc2c(cc1O)CCN[C@]21CS[C@@H]2c3c(OC(C)=O)c(C)c4c(c3[C@H](COC1=O)N1C2[C@H]2c3c(cc(C)c(OC)c3O)C[C@@H]([C@@H]1C#N)N2C)OCO4.COc1cc2c(cc1OC(=O)c1cc3ccccc3oc1=O)CCN[C@]21CS[C@@H]2c3c(OC(C)=O)c(C)c4c(c3[C@H](COC1=O)N1C2[C@H]2c3c(cc(C)c(OC)c3O)C[C@@H]([C@@H]1O)N2C)OCO4.O=C(O)c1cc2ccccc2oc1=O. The molecule has 14 aliphatic heterocycles. The Morgan fingerprint density at radius 1 is 0.514 bits per heavy atom. The molecule has 37 heteroatoms. The standard InChI is InChI=1S/C49H47N3O14S.C40H42N4O10S.C10H6O4.2CH4/c1-21-13-26-15-29-45(55)52-30-18-61-48(58)49(28-17-32(59-5)33(16-24(28)11-12-50-49)66-47(57)27-14-25-9-7-8-10-31(25)65-46(27)56)19-67-44(38(52)37(51(29)4)34(26)39(54)40(21)60-6)36-35(30)43-42(62-20-63-43)22(2)41(36)64-23(3)53;1-17-9-21-10-23-24(13-41)44-25-14-51-39(48)40(22-12-27(49-5)26(46)11-20(22)7-8-42-40)15-55-38(32(44)31(43(23)4)28(21)33(47)34(17)50-6)30-29(25)37-36(52-16-53-37)18(2)35(30)54-19(3)45;11-9(12)7-5-6-3-1-2-4-8(6)14-10(7)13;;/h7-10,13-14,16-17,29-30,37-38,44-45,50,54-55H,11-12,15,18-20H2,1-6H3;9,11-12,23-25,31-32,38,42,46-47H,7-8,10,14-16H2,1-6H3;1-5H,(H,11,12);2*1H4/t29-,30-,37+,38?,44+,45-,49+;23-,24-,25-,31+,32?,38+,40+;;;/m00.../s1. The van der Waals surface area contributed by atoms with Crippen LogP contribution in [-0.4, -0.2) is 211 Å². The molecule has 0 radical (unpaired) electrons. The number of ether oxygens (including phenoxy) is 13. The third-order valence-corrected chi connectivity index (χ3v) is 31.6. The normalized spacial score (nSPS) is 25.2. The Kier molecular flexibility index (Phi) is 25.0. The van der Waals surface area contributed by atoms with Crippen LogP contribution >= 0.6 is 23.5 Å². The van der Waals surface area contributed by atoms with Gasteiger partial charge in [0.05, 0.1) is 75.2 Å². The van der Waals surface area contributed by atoms with Crippen molar-refractivity contribution in [2.75, 3.05) is 93.9 Å². The average Bonchev–Trinajstić information content (AvgIpc) is 1.04. The topological polar surface area (TPSA) is 445 Å². The molecule has 2 spiro atoms. The highest BCUT2D eigenvalue weighted by molar-refractivity contribution is 7.99. The van der Waals surface area contributed by atoms with Gasteiger partial charge in [-0.05, 0) is 161 Å². The van der Waals surface area contributed by atoms with Crippen LogP contribution in [0.4, 0.5) is 0 Å². The van der Waals surface area contributed by atoms with Crippen LogP contribution in [0.25, 0.3) is 21.9 Å². The number of hydrogen-bond donors (Lipinski definition) is 7. The minimum atomic E-state index is -1.52. The first kappa shape index (κ1) is 95.0. The van der Waals surface area contributed by atoms with Crippen molar-refractivity contribution >= 4 is 81.3 Å². The van der Waals surface area contributed by atoms with Gasteiger partial charge in [0.15, 0.2) is 80.1 Å². The number of carbonyl (C=O) groups excluding carboxylic acids is 5. The molecule has 10 aromatic rings. The molecule has 14 aliphatic rings. The summed E-state index contributed by atoms with van der Waals surface area (Å²) in [7, 11) is 9.85. The number of benzene rings is 8. The van der Waals surface area contributed by atoms with Crippen LogP contribution in [0.3, 0.4) is 0 Å². The Morgan fingerprint density at radius 2 is 0.964 bits per heavy atom. The lowest BCUT2D eigenvalue weighted by Gasteiger charge is -2.62. The Morgan fingerprint density at radius 3 is 1.45 bits per heavy atom. The number of aromatic hydroxyl groups is 3. The van der Waals surface area contributed by atoms with Crippen LogP contribution in [0.1, 0.15) is 173 Å². The lowest BCUT2D eigenvalue weighted by Crippen LogP contribution is -2.70. The number of nitrogens with zero attached hydrogens (tertiary/aromatic N) is 5. The summed E-state index contributed by atoms with van der Waals surface area (Å²) in [6, 6.07) is 24.4. The number of carboxylic acids is 1. The second-order valence-corrected chi connectivity index (χ2v) is 37.9. The van der Waals surface area contributed by atoms with E-state index in [1.54, 1.807) is 79.7 Å². The van der Waals surface area contributed by atoms with Crippen LogP contribution in [-0.2, 0) is 65.4 Å². The van der Waals surface area contributed by atoms with E-state index in [0.29, 0.717) is 162 Å². The fourth-order valence-electron chi connectivity index (χ4n) is 22.8. The lowest BCUT2D eigenvalue weighted by atomic mass is 9.71. The molecule has 35 nitrogen and oxygen atoms in total. The summed E-state index contributed by atoms with van der Waals surface area (Å²) in [5.74, 6) is -0.780. The molecule has 4 saturated heterocycles. The number of fused-ring (bicyclic) bond motifs is 20. The molecule has 138 heavy (non-hydrogen) atoms. The summed E-state index contributed by atoms with van der Waals surface area (Å²) in [4.78, 5) is 113. The number of carbonyl (C=O) groups is 6. The van der Waals surface area contributed by atoms with Crippen LogP contribution in [0.15, 0.2) is 115 Å². The minimum absolute atomic E-state index is 0. The Bertz CT molecular complexity index is 6960. The monoisotopic (exact) mass is 1930 g/mol. The Labute approximate surface area is 799 Å². The predicted octanol–water partition coefficient (Wildman–Crippen LogP) is 11.8. The van der Waals surface area contributed by atoms with Gasteiger partial charge in [0.1, 0.15) is 59.3 Å². The van der Waals surface area contributed by atoms with E-state index in [2.05, 4.69) is 31.4 Å². The fraction of sp³-hybridized carbons (Fsp3) is 0.396. The van der Waals surface area contributed by atoms with Gasteiger partial charge in [0.25, 0.3) is 0 Å². The van der Waals surface area contributed by atoms with Crippen molar-refractivity contribution in [3.8, 4) is 86.6 Å². The lowest BCUT2D eigenvalue weighted by molar-refractivity contribution is -0.186. The third-order valence-electron chi connectivity index (χ3n) is 28.6. The number of aliphatic hydroxyl groups is 1. The summed E-state index contributed by atoms with van der Waals surface area (Å²) < 4.78 is 88.7. The van der Waals surface area contributed by atoms with E-state index in [9.17, 15) is 59.2 Å². The number of nitriles is 1. The van der Waals surface area contributed by atoms with Gasteiger partial charge in [-0.2, -0.15) is 5.26 Å². The van der Waals surface area contributed by atoms with E-state index in [4.69, 9.17) is 75.5 Å². The van der Waals surface area contributed by atoms with Gasteiger partial charge in [-0.3, -0.25) is 39.8 Å². The second kappa shape index (κ2) is 36.2. The number of aryl methyl sites for hydroxylation is 2. The van der Waals surface area contributed by atoms with Gasteiger partial charge >= 0.3 is 47.1 Å². The first-order chi connectivity index (χ1) is 65.4. The van der Waals surface area contributed by atoms with E-state index < -0.39 is 123 Å². The van der Waals surface area contributed by atoms with Crippen molar-refractivity contribution < 1.29 is 125 Å². The first-order valence-corrected chi connectivity index (χ1v) is 46.3. The molecule has 2 unspecified atom stereocenters. The second-order valence-electron chi connectivity index (χ2n) is 35.7. The van der Waals surface area contributed by atoms with Crippen LogP contribution < -0.4 is 74.0 Å². The average molecular weight is 1930 g/mol. The number of rotatable bonds is 9. The maximum atomic E-state index is 15.1. The number of thioether (sulfide) groups is 2. The number of methoxy groups -OCH3 is 4. The van der Waals surface area contributed by atoms with Crippen molar-refractivity contribution in [1.82, 2.24) is 30.2 Å². The number of esters is 5. The van der Waals surface area contributed by atoms with E-state index in [-0.39, 0.29) is 111 Å². The highest BCUT2D eigenvalue weighted by Crippen LogP contribution is 2.68. The molecule has 8 aromatic carbocycles. The van der Waals surface area contributed by atoms with Gasteiger partial charge in [-0.15, -0.1) is 23.5 Å². The van der Waals surface area contributed by atoms with E-state index in [1.165, 1.54) is 77.9 Å². The number of para-hydroxylation sites is 2. The molecule has 4 fully saturated rings. The minimum Gasteiger partial charge on any atom is -0.504 e. The van der Waals surface area contributed by atoms with Crippen LogP contribution in [0.5, 0.6) is 80.5 Å². The van der Waals surface area contributed by atoms with Crippen molar-refractivity contribution in [2.45, 2.75) is 164 Å². The highest BCUT2D eigenvalue weighted by Gasteiger charge is 2.65. The molecule has 0 aliphatic carbocycles. The molecule has 0 amide bonds. The summed E-state index contributed by atoms with van der Waals surface area (Å²) >= 11 is 2.89. The number of carboxylic acid groups (broad SMARTS) is 1. The largest absolute Gasteiger partial charge is 0.504 e. The zero-order chi connectivity index (χ0) is 95.6. The molecule has 7 N–H and O–H groups in total. The molecular formula is C101H103N7O28S2. The van der Waals surface area contributed by atoms with Crippen molar-refractivity contribution in [3.63, 3.8) is 0 Å². The van der Waals surface area contributed by atoms with Gasteiger partial charge in [0.2, 0.25) is 13.6 Å². The maximum absolute atomic E-state index is 15.1. The van der Waals surface area contributed by atoms with Crippen molar-refractivity contribution in [3.05, 3.63) is 218 Å². The van der Waals surface area contributed by atoms with Gasteiger partial charge in [0, 0.05) is 112 Å². The summed E-state index contributed by atoms with van der Waals surface area (Å²) in [6.07, 6.45) is 0.776. The molecule has 0 saturated carbocycles. The van der Waals surface area contributed by atoms with Gasteiger partial charge in [-0.25, -0.2) is 28.8 Å². The summed E-state index contributed by atoms with van der Waals surface area (Å²) in [5, 5.41) is 74.4. The van der Waals surface area contributed by atoms with Crippen molar-refractivity contribution in [2.24, 2.45) is 0 Å². The zero-order valence-corrected chi connectivity index (χ0v) is 77.5. The van der Waals surface area contributed by atoms with E-state index in [1.807, 2.05) is 51.9 Å². The molecule has 16 heterocycles. The zero-order valence-electron chi connectivity index (χ0n) is 75.8. The number of aliphatic hydroxyl groups excluding tert-OH is 1. The Balaban J connectivity index is 0.000000160. The number of hydrogen-bond acceptors (Lipinski definition) is 36. The first-order valence-electron chi connectivity index (χ1n) is 44.2. The molecule has 722 valence electrons. The molecular weight excluding hydrogens is 1820 g/mol. The smallest absolute Gasteiger partial charge is 0.351 e. The van der Waals surface area contributed by atoms with E-state index in [0.717, 1.165) is 27.8 Å². The summed E-state index contributed by atoms with van der Waals surface area (Å²) in [6.45, 7) is 10.2. The summed E-state index contributed by atoms with van der Waals surface area (Å²) in [5.41, 5.74) is 6.50. The highest BCUT2D eigenvalue weighted by atomic mass is 32.2. The number of aromatic carboxylic acids is 1. The molecule has 24 rings (SSSR count).